The standard InChI is InChI=1S/C18H24N6O/c1-22-8-7-19-16(18(22)25)12-23(2)14-10-24(11-14)17-9-13-5-3-4-6-15(13)20-21-17/h7-9,14H,3-6,10-12H2,1-2H3. The molecule has 7 nitrogen and oxygen atoms in total. The fraction of sp³-hybridized carbons (Fsp3) is 0.556. The van der Waals surface area contributed by atoms with Crippen LogP contribution in [0.2, 0.25) is 0 Å². The van der Waals surface area contributed by atoms with Gasteiger partial charge in [0.05, 0.1) is 5.69 Å². The zero-order valence-electron chi connectivity index (χ0n) is 14.9. The van der Waals surface area contributed by atoms with Crippen LogP contribution in [0.3, 0.4) is 0 Å². The molecule has 25 heavy (non-hydrogen) atoms. The van der Waals surface area contributed by atoms with Crippen LogP contribution in [0.15, 0.2) is 23.3 Å². The van der Waals surface area contributed by atoms with Gasteiger partial charge < -0.3 is 9.47 Å². The number of hydrogen-bond acceptors (Lipinski definition) is 6. The zero-order chi connectivity index (χ0) is 17.4. The van der Waals surface area contributed by atoms with Crippen LogP contribution in [0.25, 0.3) is 0 Å². The molecule has 1 aliphatic heterocycles. The van der Waals surface area contributed by atoms with E-state index in [4.69, 9.17) is 0 Å². The number of likely N-dealkylation sites (N-methyl/N-ethyl adjacent to an activating group) is 1. The number of anilines is 1. The molecule has 1 aliphatic carbocycles. The van der Waals surface area contributed by atoms with Gasteiger partial charge in [0.15, 0.2) is 5.82 Å². The van der Waals surface area contributed by atoms with E-state index in [0.29, 0.717) is 18.3 Å². The maximum atomic E-state index is 12.1. The lowest BCUT2D eigenvalue weighted by atomic mass is 9.96. The summed E-state index contributed by atoms with van der Waals surface area (Å²) in [7, 11) is 3.81. The number of fused-ring (bicyclic) bond motifs is 1. The van der Waals surface area contributed by atoms with Crippen LogP contribution in [0.4, 0.5) is 5.82 Å². The second-order valence-corrected chi connectivity index (χ2v) is 7.15. The smallest absolute Gasteiger partial charge is 0.273 e. The van der Waals surface area contributed by atoms with Gasteiger partial charge in [-0.15, -0.1) is 5.10 Å². The Balaban J connectivity index is 1.38. The van der Waals surface area contributed by atoms with Crippen molar-refractivity contribution in [3.05, 3.63) is 45.8 Å². The highest BCUT2D eigenvalue weighted by Gasteiger charge is 2.32. The first kappa shape index (κ1) is 16.2. The maximum Gasteiger partial charge on any atom is 0.273 e. The summed E-state index contributed by atoms with van der Waals surface area (Å²) < 4.78 is 1.58. The predicted octanol–water partition coefficient (Wildman–Crippen LogP) is 0.770. The minimum Gasteiger partial charge on any atom is -0.352 e. The van der Waals surface area contributed by atoms with Crippen molar-refractivity contribution in [1.82, 2.24) is 24.6 Å². The van der Waals surface area contributed by atoms with Gasteiger partial charge in [0.1, 0.15) is 5.69 Å². The van der Waals surface area contributed by atoms with Gasteiger partial charge in [0, 0.05) is 45.1 Å². The van der Waals surface area contributed by atoms with Gasteiger partial charge in [-0.25, -0.2) is 0 Å². The molecule has 2 aromatic heterocycles. The molecule has 2 aromatic rings. The van der Waals surface area contributed by atoms with Gasteiger partial charge in [-0.3, -0.25) is 14.7 Å². The summed E-state index contributed by atoms with van der Waals surface area (Å²) in [6.07, 6.45) is 8.03. The molecule has 4 rings (SSSR count). The van der Waals surface area contributed by atoms with E-state index in [2.05, 4.69) is 38.1 Å². The second-order valence-electron chi connectivity index (χ2n) is 7.15. The molecule has 132 valence electrons. The molecule has 7 heteroatoms. The molecule has 0 N–H and O–H groups in total. The lowest BCUT2D eigenvalue weighted by Crippen LogP contribution is -2.58. The Kier molecular flexibility index (Phi) is 4.25. The van der Waals surface area contributed by atoms with Crippen molar-refractivity contribution >= 4 is 5.82 Å². The number of aryl methyl sites for hydroxylation is 3. The molecule has 1 saturated heterocycles. The summed E-state index contributed by atoms with van der Waals surface area (Å²) >= 11 is 0. The van der Waals surface area contributed by atoms with Crippen LogP contribution in [-0.4, -0.2) is 50.8 Å². The highest BCUT2D eigenvalue weighted by Crippen LogP contribution is 2.26. The summed E-state index contributed by atoms with van der Waals surface area (Å²) in [6.45, 7) is 2.40. The molecule has 3 heterocycles. The average Bonchev–Trinajstić information content (AvgIpc) is 2.57. The summed E-state index contributed by atoms with van der Waals surface area (Å²) in [4.78, 5) is 20.8. The van der Waals surface area contributed by atoms with E-state index in [1.54, 1.807) is 24.0 Å². The Morgan fingerprint density at radius 3 is 2.88 bits per heavy atom. The Hall–Kier alpha value is -2.28. The quantitative estimate of drug-likeness (QED) is 0.819. The fourth-order valence-electron chi connectivity index (χ4n) is 3.58. The van der Waals surface area contributed by atoms with Crippen LogP contribution in [-0.2, 0) is 26.4 Å². The summed E-state index contributed by atoms with van der Waals surface area (Å²) in [5, 5.41) is 8.83. The van der Waals surface area contributed by atoms with E-state index in [9.17, 15) is 4.79 Å². The molecular formula is C18H24N6O. The van der Waals surface area contributed by atoms with E-state index in [1.807, 2.05) is 0 Å². The SMILES string of the molecule is CN(Cc1nccn(C)c1=O)C1CN(c2cc3c(nn2)CCCC3)C1. The first-order valence-corrected chi connectivity index (χ1v) is 8.93. The van der Waals surface area contributed by atoms with Crippen molar-refractivity contribution < 1.29 is 0 Å². The Morgan fingerprint density at radius 1 is 1.24 bits per heavy atom. The third-order valence-electron chi connectivity index (χ3n) is 5.35. The van der Waals surface area contributed by atoms with Crippen molar-refractivity contribution in [1.29, 1.82) is 0 Å². The van der Waals surface area contributed by atoms with Crippen LogP contribution >= 0.6 is 0 Å². The Labute approximate surface area is 147 Å². The van der Waals surface area contributed by atoms with E-state index in [0.717, 1.165) is 31.7 Å². The van der Waals surface area contributed by atoms with E-state index >= 15 is 0 Å². The Morgan fingerprint density at radius 2 is 2.04 bits per heavy atom. The second kappa shape index (κ2) is 6.55. The summed E-state index contributed by atoms with van der Waals surface area (Å²) in [5.74, 6) is 0.985. The number of nitrogens with zero attached hydrogens (tertiary/aromatic N) is 6. The molecule has 0 amide bonds. The molecular weight excluding hydrogens is 316 g/mol. The van der Waals surface area contributed by atoms with E-state index in [1.165, 1.54) is 24.1 Å². The van der Waals surface area contributed by atoms with E-state index < -0.39 is 0 Å². The van der Waals surface area contributed by atoms with Crippen molar-refractivity contribution in [2.75, 3.05) is 25.0 Å². The van der Waals surface area contributed by atoms with Crippen molar-refractivity contribution in [3.8, 4) is 0 Å². The topological polar surface area (TPSA) is 67.2 Å². The van der Waals surface area contributed by atoms with Crippen LogP contribution in [0.5, 0.6) is 0 Å². The zero-order valence-corrected chi connectivity index (χ0v) is 14.9. The lowest BCUT2D eigenvalue weighted by Gasteiger charge is -2.44. The molecule has 0 aromatic carbocycles. The molecule has 0 bridgehead atoms. The Bertz CT molecular complexity index is 827. The van der Waals surface area contributed by atoms with Gasteiger partial charge in [0.25, 0.3) is 5.56 Å². The predicted molar refractivity (Wildman–Crippen MR) is 95.6 cm³/mol. The summed E-state index contributed by atoms with van der Waals surface area (Å²) in [5.41, 5.74) is 3.12. The van der Waals surface area contributed by atoms with E-state index in [-0.39, 0.29) is 5.56 Å². The number of aromatic nitrogens is 4. The monoisotopic (exact) mass is 340 g/mol. The van der Waals surface area contributed by atoms with Crippen LogP contribution < -0.4 is 10.5 Å². The molecule has 0 spiro atoms. The first-order valence-electron chi connectivity index (χ1n) is 8.93. The fourth-order valence-corrected chi connectivity index (χ4v) is 3.58. The highest BCUT2D eigenvalue weighted by molar-refractivity contribution is 5.45. The maximum absolute atomic E-state index is 12.1. The molecule has 0 saturated carbocycles. The normalized spacial score (nSPS) is 17.5. The minimum absolute atomic E-state index is 0.0221. The highest BCUT2D eigenvalue weighted by atomic mass is 16.1. The van der Waals surface area contributed by atoms with Crippen LogP contribution in [0, 0.1) is 0 Å². The van der Waals surface area contributed by atoms with Gasteiger partial charge in [0.2, 0.25) is 0 Å². The first-order chi connectivity index (χ1) is 12.1. The molecule has 2 aliphatic rings. The average molecular weight is 340 g/mol. The minimum atomic E-state index is -0.0221. The van der Waals surface area contributed by atoms with Crippen LogP contribution in [0.1, 0.15) is 29.8 Å². The molecule has 0 atom stereocenters. The molecule has 0 radical (unpaired) electrons. The number of hydrogen-bond donors (Lipinski definition) is 0. The van der Waals surface area contributed by atoms with Crippen molar-refractivity contribution in [3.63, 3.8) is 0 Å². The lowest BCUT2D eigenvalue weighted by molar-refractivity contribution is 0.193. The molecule has 0 unspecified atom stereocenters. The largest absolute Gasteiger partial charge is 0.352 e. The third kappa shape index (κ3) is 3.16. The van der Waals surface area contributed by atoms with Gasteiger partial charge in [-0.2, -0.15) is 5.10 Å². The summed E-state index contributed by atoms with van der Waals surface area (Å²) in [6, 6.07) is 2.62. The number of rotatable bonds is 4. The van der Waals surface area contributed by atoms with Gasteiger partial charge in [-0.05, 0) is 44.4 Å². The van der Waals surface area contributed by atoms with Gasteiger partial charge >= 0.3 is 0 Å². The molecule has 1 fully saturated rings. The van der Waals surface area contributed by atoms with Crippen molar-refractivity contribution in [2.45, 2.75) is 38.3 Å². The van der Waals surface area contributed by atoms with Gasteiger partial charge in [-0.1, -0.05) is 0 Å². The third-order valence-corrected chi connectivity index (χ3v) is 5.35. The van der Waals surface area contributed by atoms with Crippen molar-refractivity contribution in [2.24, 2.45) is 7.05 Å².